The molecule has 1 fully saturated rings. The van der Waals surface area contributed by atoms with Crippen LogP contribution in [0.25, 0.3) is 0 Å². The quantitative estimate of drug-likeness (QED) is 0.672. The lowest BCUT2D eigenvalue weighted by atomic mass is 10.1. The summed E-state index contributed by atoms with van der Waals surface area (Å²) in [6, 6.07) is 6.61. The Hall–Kier alpha value is -1.28. The second-order valence-corrected chi connectivity index (χ2v) is 4.82. The molecule has 1 aromatic rings. The topological polar surface area (TPSA) is 93.8 Å². The van der Waals surface area contributed by atoms with E-state index >= 15 is 0 Å². The Morgan fingerprint density at radius 2 is 2.26 bits per heavy atom. The zero-order chi connectivity index (χ0) is 13.7. The van der Waals surface area contributed by atoms with E-state index < -0.39 is 12.0 Å². The molecule has 2 unspecified atom stereocenters. The van der Waals surface area contributed by atoms with Crippen LogP contribution in [0.4, 0.5) is 5.69 Å². The molecular formula is C12H16N2O4S. The second kappa shape index (κ2) is 6.76. The Balaban J connectivity index is 1.82. The van der Waals surface area contributed by atoms with Crippen molar-refractivity contribution in [1.82, 2.24) is 0 Å². The standard InChI is InChI=1S/C12H16N2O4S/c13-10(12(15)16)5-8-1-3-9(4-2-8)14-6-11-17-7-19-18-11/h1-4,10-11,14H,5-7,13H2,(H,15,16). The predicted octanol–water partition coefficient (Wildman–Crippen LogP) is 1.03. The molecule has 0 spiro atoms. The third kappa shape index (κ3) is 4.39. The minimum atomic E-state index is -0.991. The van der Waals surface area contributed by atoms with Crippen LogP contribution in [-0.2, 0) is 20.1 Å². The lowest BCUT2D eigenvalue weighted by Gasteiger charge is -2.11. The van der Waals surface area contributed by atoms with Gasteiger partial charge in [-0.05, 0) is 24.1 Å². The summed E-state index contributed by atoms with van der Waals surface area (Å²) >= 11 is 1.30. The molecule has 2 atom stereocenters. The van der Waals surface area contributed by atoms with Gasteiger partial charge in [0.25, 0.3) is 0 Å². The van der Waals surface area contributed by atoms with Crippen LogP contribution in [0.2, 0.25) is 0 Å². The Bertz CT molecular complexity index is 420. The van der Waals surface area contributed by atoms with Crippen LogP contribution in [0.15, 0.2) is 24.3 Å². The predicted molar refractivity (Wildman–Crippen MR) is 72.7 cm³/mol. The molecule has 0 amide bonds. The molecule has 104 valence electrons. The fourth-order valence-electron chi connectivity index (χ4n) is 1.63. The Morgan fingerprint density at radius 1 is 1.53 bits per heavy atom. The molecular weight excluding hydrogens is 268 g/mol. The number of nitrogens with one attached hydrogen (secondary N) is 1. The van der Waals surface area contributed by atoms with Crippen molar-refractivity contribution in [3.8, 4) is 0 Å². The molecule has 1 heterocycles. The van der Waals surface area contributed by atoms with Crippen LogP contribution in [0.1, 0.15) is 5.56 Å². The minimum Gasteiger partial charge on any atom is -0.480 e. The summed E-state index contributed by atoms with van der Waals surface area (Å²) in [5.74, 6) is -0.437. The van der Waals surface area contributed by atoms with Crippen LogP contribution in [-0.4, -0.2) is 35.9 Å². The molecule has 0 radical (unpaired) electrons. The Morgan fingerprint density at radius 3 is 2.84 bits per heavy atom. The van der Waals surface area contributed by atoms with E-state index in [-0.39, 0.29) is 6.29 Å². The molecule has 0 aromatic heterocycles. The first kappa shape index (κ1) is 14.1. The number of nitrogens with two attached hydrogens (primary N) is 1. The molecule has 1 saturated heterocycles. The van der Waals surface area contributed by atoms with Crippen LogP contribution >= 0.6 is 12.0 Å². The molecule has 0 saturated carbocycles. The maximum Gasteiger partial charge on any atom is 0.320 e. The van der Waals surface area contributed by atoms with Crippen molar-refractivity contribution >= 4 is 23.7 Å². The number of carbonyl (C=O) groups is 1. The molecule has 1 aliphatic rings. The normalized spacial score (nSPS) is 20.2. The summed E-state index contributed by atoms with van der Waals surface area (Å²) in [6.45, 7) is 0.570. The van der Waals surface area contributed by atoms with E-state index in [1.165, 1.54) is 12.0 Å². The number of carboxylic acid groups (broad SMARTS) is 1. The van der Waals surface area contributed by atoms with Crippen molar-refractivity contribution < 1.29 is 18.8 Å². The Labute approximate surface area is 115 Å². The van der Waals surface area contributed by atoms with Crippen LogP contribution < -0.4 is 11.1 Å². The number of benzene rings is 1. The van der Waals surface area contributed by atoms with Gasteiger partial charge in [0.2, 0.25) is 0 Å². The third-order valence-electron chi connectivity index (χ3n) is 2.68. The highest BCUT2D eigenvalue weighted by atomic mass is 32.2. The van der Waals surface area contributed by atoms with Gasteiger partial charge in [-0.3, -0.25) is 8.98 Å². The van der Waals surface area contributed by atoms with E-state index in [4.69, 9.17) is 19.8 Å². The lowest BCUT2D eigenvalue weighted by Crippen LogP contribution is -2.32. The van der Waals surface area contributed by atoms with Gasteiger partial charge in [-0.25, -0.2) is 0 Å². The van der Waals surface area contributed by atoms with Gasteiger partial charge < -0.3 is 20.9 Å². The monoisotopic (exact) mass is 284 g/mol. The van der Waals surface area contributed by atoms with E-state index in [2.05, 4.69) is 5.32 Å². The molecule has 1 aromatic carbocycles. The van der Waals surface area contributed by atoms with Gasteiger partial charge in [0.05, 0.1) is 6.54 Å². The zero-order valence-corrected chi connectivity index (χ0v) is 11.1. The van der Waals surface area contributed by atoms with Crippen LogP contribution in [0, 0.1) is 0 Å². The molecule has 1 aliphatic heterocycles. The van der Waals surface area contributed by atoms with Gasteiger partial charge in [0.1, 0.15) is 12.0 Å². The summed E-state index contributed by atoms with van der Waals surface area (Å²) < 4.78 is 10.5. The van der Waals surface area contributed by atoms with Gasteiger partial charge in [-0.15, -0.1) is 0 Å². The van der Waals surface area contributed by atoms with E-state index in [1.807, 2.05) is 24.3 Å². The van der Waals surface area contributed by atoms with Crippen molar-refractivity contribution in [2.24, 2.45) is 5.73 Å². The third-order valence-corrected chi connectivity index (χ3v) is 3.26. The maximum atomic E-state index is 10.7. The van der Waals surface area contributed by atoms with Gasteiger partial charge in [-0.2, -0.15) is 0 Å². The van der Waals surface area contributed by atoms with Gasteiger partial charge >= 0.3 is 5.97 Å². The summed E-state index contributed by atoms with van der Waals surface area (Å²) in [5.41, 5.74) is 7.30. The highest BCUT2D eigenvalue weighted by Gasteiger charge is 2.16. The average molecular weight is 284 g/mol. The fraction of sp³-hybridized carbons (Fsp3) is 0.417. The van der Waals surface area contributed by atoms with Crippen molar-refractivity contribution in [2.75, 3.05) is 17.8 Å². The molecule has 6 nitrogen and oxygen atoms in total. The smallest absolute Gasteiger partial charge is 0.320 e. The second-order valence-electron chi connectivity index (χ2n) is 4.15. The Kier molecular flexibility index (Phi) is 5.03. The van der Waals surface area contributed by atoms with Crippen LogP contribution in [0.3, 0.4) is 0 Å². The number of aliphatic carboxylic acids is 1. The first-order chi connectivity index (χ1) is 9.15. The number of rotatable bonds is 6. The van der Waals surface area contributed by atoms with E-state index in [9.17, 15) is 4.79 Å². The van der Waals surface area contributed by atoms with E-state index in [0.29, 0.717) is 18.9 Å². The average Bonchev–Trinajstić information content (AvgIpc) is 2.91. The summed E-state index contributed by atoms with van der Waals surface area (Å²) in [4.78, 5) is 10.7. The van der Waals surface area contributed by atoms with Crippen molar-refractivity contribution in [1.29, 1.82) is 0 Å². The molecule has 19 heavy (non-hydrogen) atoms. The number of carboxylic acids is 1. The highest BCUT2D eigenvalue weighted by molar-refractivity contribution is 7.94. The first-order valence-corrected chi connectivity index (χ1v) is 6.77. The van der Waals surface area contributed by atoms with E-state index in [1.54, 1.807) is 0 Å². The first-order valence-electron chi connectivity index (χ1n) is 5.86. The summed E-state index contributed by atoms with van der Waals surface area (Å²) in [5, 5.41) is 11.9. The SMILES string of the molecule is NC(Cc1ccc(NCC2OCSO2)cc1)C(=O)O. The van der Waals surface area contributed by atoms with Crippen molar-refractivity contribution in [2.45, 2.75) is 18.8 Å². The van der Waals surface area contributed by atoms with Gasteiger partial charge in [-0.1, -0.05) is 12.1 Å². The molecule has 0 aliphatic carbocycles. The highest BCUT2D eigenvalue weighted by Crippen LogP contribution is 2.19. The fourth-order valence-corrected chi connectivity index (χ4v) is 2.17. The molecule has 0 bridgehead atoms. The van der Waals surface area contributed by atoms with E-state index in [0.717, 1.165) is 11.3 Å². The molecule has 2 rings (SSSR count). The number of hydrogen-bond acceptors (Lipinski definition) is 6. The largest absolute Gasteiger partial charge is 0.480 e. The number of anilines is 1. The molecule has 4 N–H and O–H groups in total. The summed E-state index contributed by atoms with van der Waals surface area (Å²) in [7, 11) is 0. The number of hydrogen-bond donors (Lipinski definition) is 3. The van der Waals surface area contributed by atoms with Gasteiger partial charge in [0, 0.05) is 17.7 Å². The minimum absolute atomic E-state index is 0.231. The summed E-state index contributed by atoms with van der Waals surface area (Å²) in [6.07, 6.45) is 0.0892. The number of ether oxygens (including phenoxy) is 1. The van der Waals surface area contributed by atoms with Gasteiger partial charge in [0.15, 0.2) is 6.29 Å². The van der Waals surface area contributed by atoms with Crippen LogP contribution in [0.5, 0.6) is 0 Å². The lowest BCUT2D eigenvalue weighted by molar-refractivity contribution is -0.138. The van der Waals surface area contributed by atoms with Crippen molar-refractivity contribution in [3.63, 3.8) is 0 Å². The van der Waals surface area contributed by atoms with Crippen molar-refractivity contribution in [3.05, 3.63) is 29.8 Å². The zero-order valence-electron chi connectivity index (χ0n) is 10.2. The molecule has 7 heteroatoms. The maximum absolute atomic E-state index is 10.7.